The van der Waals surface area contributed by atoms with E-state index in [-0.39, 0.29) is 11.0 Å². The zero-order valence-electron chi connectivity index (χ0n) is 14.9. The summed E-state index contributed by atoms with van der Waals surface area (Å²) in [7, 11) is 1.90. The van der Waals surface area contributed by atoms with Gasteiger partial charge in [-0.3, -0.25) is 4.79 Å². The molecule has 2 aromatic carbocycles. The Hall–Kier alpha value is -2.11. The van der Waals surface area contributed by atoms with Crippen molar-refractivity contribution in [2.24, 2.45) is 7.05 Å². The number of Topliss-reactive ketones (excluding diaryl/α,β-unsaturated/α-hetero) is 1. The fourth-order valence-corrected chi connectivity index (χ4v) is 3.64. The van der Waals surface area contributed by atoms with E-state index < -0.39 is 0 Å². The molecule has 0 aliphatic heterocycles. The molecule has 1 aromatic heterocycles. The van der Waals surface area contributed by atoms with Crippen LogP contribution in [0.2, 0.25) is 5.02 Å². The number of hydrogen-bond acceptors (Lipinski definition) is 4. The standard InChI is InChI=1S/C20H20ClN3OS/c1-4-14-5-7-15(8-6-14)18(25)13(2)26-20-23-22-19(24(20)3)16-9-11-17(21)12-10-16/h5-13H,4H2,1-3H3/t13-/m1/s1. The van der Waals surface area contributed by atoms with E-state index >= 15 is 0 Å². The van der Waals surface area contributed by atoms with Gasteiger partial charge < -0.3 is 4.57 Å². The van der Waals surface area contributed by atoms with E-state index in [2.05, 4.69) is 17.1 Å². The highest BCUT2D eigenvalue weighted by atomic mass is 35.5. The Bertz CT molecular complexity index is 904. The van der Waals surface area contributed by atoms with Gasteiger partial charge in [-0.25, -0.2) is 0 Å². The molecule has 0 radical (unpaired) electrons. The van der Waals surface area contributed by atoms with Crippen LogP contribution in [0.25, 0.3) is 11.4 Å². The molecule has 0 aliphatic carbocycles. The molecule has 0 bridgehead atoms. The zero-order chi connectivity index (χ0) is 18.7. The molecule has 0 saturated carbocycles. The smallest absolute Gasteiger partial charge is 0.191 e. The van der Waals surface area contributed by atoms with Crippen LogP contribution >= 0.6 is 23.4 Å². The van der Waals surface area contributed by atoms with Gasteiger partial charge in [0, 0.05) is 23.2 Å². The highest BCUT2D eigenvalue weighted by molar-refractivity contribution is 8.00. The Kier molecular flexibility index (Phi) is 5.79. The molecule has 0 unspecified atom stereocenters. The SMILES string of the molecule is CCc1ccc(C(=O)[C@@H](C)Sc2nnc(-c3ccc(Cl)cc3)n2C)cc1. The van der Waals surface area contributed by atoms with Gasteiger partial charge >= 0.3 is 0 Å². The van der Waals surface area contributed by atoms with Crippen molar-refractivity contribution in [2.45, 2.75) is 30.7 Å². The molecule has 4 nitrogen and oxygen atoms in total. The van der Waals surface area contributed by atoms with Crippen LogP contribution < -0.4 is 0 Å². The van der Waals surface area contributed by atoms with Crippen LogP contribution in [0.5, 0.6) is 0 Å². The molecule has 26 heavy (non-hydrogen) atoms. The number of carbonyl (C=O) groups excluding carboxylic acids is 1. The second kappa shape index (κ2) is 8.06. The van der Waals surface area contributed by atoms with Gasteiger partial charge in [-0.15, -0.1) is 10.2 Å². The maximum absolute atomic E-state index is 12.7. The van der Waals surface area contributed by atoms with Gasteiger partial charge in [0.05, 0.1) is 5.25 Å². The third-order valence-electron chi connectivity index (χ3n) is 4.24. The number of rotatable bonds is 6. The van der Waals surface area contributed by atoms with Crippen LogP contribution in [-0.4, -0.2) is 25.8 Å². The predicted octanol–water partition coefficient (Wildman–Crippen LogP) is 5.06. The van der Waals surface area contributed by atoms with Crippen molar-refractivity contribution in [1.29, 1.82) is 0 Å². The Balaban J connectivity index is 1.75. The molecule has 6 heteroatoms. The second-order valence-electron chi connectivity index (χ2n) is 6.05. The second-order valence-corrected chi connectivity index (χ2v) is 7.79. The highest BCUT2D eigenvalue weighted by Gasteiger charge is 2.20. The molecular weight excluding hydrogens is 366 g/mol. The number of halogens is 1. The van der Waals surface area contributed by atoms with Gasteiger partial charge in [0.25, 0.3) is 0 Å². The monoisotopic (exact) mass is 385 g/mol. The Morgan fingerprint density at radius 3 is 2.38 bits per heavy atom. The first kappa shape index (κ1) is 18.7. The fourth-order valence-electron chi connectivity index (χ4n) is 2.62. The lowest BCUT2D eigenvalue weighted by atomic mass is 10.1. The molecule has 3 aromatic rings. The van der Waals surface area contributed by atoms with Gasteiger partial charge in [0.2, 0.25) is 0 Å². The lowest BCUT2D eigenvalue weighted by molar-refractivity contribution is 0.0994. The normalized spacial score (nSPS) is 12.2. The summed E-state index contributed by atoms with van der Waals surface area (Å²) in [6.07, 6.45) is 0.963. The Morgan fingerprint density at radius 2 is 1.77 bits per heavy atom. The Morgan fingerprint density at radius 1 is 1.12 bits per heavy atom. The van der Waals surface area contributed by atoms with Crippen LogP contribution in [0.4, 0.5) is 0 Å². The first-order valence-corrected chi connectivity index (χ1v) is 9.70. The molecule has 0 saturated heterocycles. The number of aryl methyl sites for hydroxylation is 1. The summed E-state index contributed by atoms with van der Waals surface area (Å²) in [6, 6.07) is 15.3. The van der Waals surface area contributed by atoms with Crippen molar-refractivity contribution in [3.05, 3.63) is 64.7 Å². The molecule has 1 heterocycles. The molecular formula is C20H20ClN3OS. The third kappa shape index (κ3) is 4.00. The van der Waals surface area contributed by atoms with Crippen LogP contribution in [0.15, 0.2) is 53.7 Å². The van der Waals surface area contributed by atoms with Gasteiger partial charge in [-0.1, -0.05) is 54.6 Å². The largest absolute Gasteiger partial charge is 0.305 e. The predicted molar refractivity (Wildman–Crippen MR) is 107 cm³/mol. The van der Waals surface area contributed by atoms with E-state index in [4.69, 9.17) is 11.6 Å². The van der Waals surface area contributed by atoms with E-state index in [1.165, 1.54) is 17.3 Å². The summed E-state index contributed by atoms with van der Waals surface area (Å²) in [6.45, 7) is 4.00. The number of benzene rings is 2. The highest BCUT2D eigenvalue weighted by Crippen LogP contribution is 2.28. The zero-order valence-corrected chi connectivity index (χ0v) is 16.5. The summed E-state index contributed by atoms with van der Waals surface area (Å²) in [5.74, 6) is 0.838. The lowest BCUT2D eigenvalue weighted by Gasteiger charge is -2.10. The van der Waals surface area contributed by atoms with E-state index in [1.807, 2.05) is 67.1 Å². The maximum atomic E-state index is 12.7. The summed E-state index contributed by atoms with van der Waals surface area (Å²) < 4.78 is 1.90. The first-order chi connectivity index (χ1) is 12.5. The van der Waals surface area contributed by atoms with Crippen molar-refractivity contribution in [3.8, 4) is 11.4 Å². The average molecular weight is 386 g/mol. The minimum atomic E-state index is -0.247. The molecule has 0 aliphatic rings. The van der Waals surface area contributed by atoms with Crippen molar-refractivity contribution in [3.63, 3.8) is 0 Å². The Labute approximate surface area is 162 Å². The lowest BCUT2D eigenvalue weighted by Crippen LogP contribution is -2.14. The molecule has 1 atom stereocenters. The van der Waals surface area contributed by atoms with Gasteiger partial charge in [-0.05, 0) is 43.2 Å². The summed E-state index contributed by atoms with van der Waals surface area (Å²) in [5.41, 5.74) is 2.88. The number of ketones is 1. The fraction of sp³-hybridized carbons (Fsp3) is 0.250. The van der Waals surface area contributed by atoms with Crippen molar-refractivity contribution < 1.29 is 4.79 Å². The van der Waals surface area contributed by atoms with Crippen LogP contribution in [0.1, 0.15) is 29.8 Å². The number of hydrogen-bond donors (Lipinski definition) is 0. The van der Waals surface area contributed by atoms with Crippen LogP contribution in [0.3, 0.4) is 0 Å². The van der Waals surface area contributed by atoms with Crippen LogP contribution in [-0.2, 0) is 13.5 Å². The van der Waals surface area contributed by atoms with E-state index in [0.717, 1.165) is 23.4 Å². The summed E-state index contributed by atoms with van der Waals surface area (Å²) in [4.78, 5) is 12.7. The topological polar surface area (TPSA) is 47.8 Å². The van der Waals surface area contributed by atoms with E-state index in [1.54, 1.807) is 0 Å². The first-order valence-electron chi connectivity index (χ1n) is 8.44. The van der Waals surface area contributed by atoms with Gasteiger partial charge in [0.15, 0.2) is 16.8 Å². The van der Waals surface area contributed by atoms with Crippen LogP contribution in [0, 0.1) is 0 Å². The molecule has 0 fully saturated rings. The van der Waals surface area contributed by atoms with Crippen molar-refractivity contribution in [1.82, 2.24) is 14.8 Å². The average Bonchev–Trinajstić information content (AvgIpc) is 3.02. The maximum Gasteiger partial charge on any atom is 0.191 e. The third-order valence-corrected chi connectivity index (χ3v) is 5.62. The summed E-state index contributed by atoms with van der Waals surface area (Å²) in [5, 5.41) is 9.65. The number of nitrogens with zero attached hydrogens (tertiary/aromatic N) is 3. The van der Waals surface area contributed by atoms with Gasteiger partial charge in [-0.2, -0.15) is 0 Å². The van der Waals surface area contributed by atoms with E-state index in [9.17, 15) is 4.79 Å². The van der Waals surface area contributed by atoms with Gasteiger partial charge in [0.1, 0.15) is 0 Å². The molecule has 134 valence electrons. The molecule has 3 rings (SSSR count). The summed E-state index contributed by atoms with van der Waals surface area (Å²) >= 11 is 7.36. The minimum Gasteiger partial charge on any atom is -0.305 e. The number of carbonyl (C=O) groups is 1. The number of thioether (sulfide) groups is 1. The van der Waals surface area contributed by atoms with Crippen molar-refractivity contribution >= 4 is 29.1 Å². The van der Waals surface area contributed by atoms with E-state index in [0.29, 0.717) is 10.2 Å². The molecule has 0 amide bonds. The number of aromatic nitrogens is 3. The molecule has 0 N–H and O–H groups in total. The van der Waals surface area contributed by atoms with Crippen molar-refractivity contribution in [2.75, 3.05) is 0 Å². The molecule has 0 spiro atoms. The minimum absolute atomic E-state index is 0.0914. The quantitative estimate of drug-likeness (QED) is 0.439.